The molecule has 0 spiro atoms. The predicted octanol–water partition coefficient (Wildman–Crippen LogP) is 2.57. The summed E-state index contributed by atoms with van der Waals surface area (Å²) in [5, 5.41) is 9.38. The van der Waals surface area contributed by atoms with Crippen LogP contribution in [0.25, 0.3) is 0 Å². The van der Waals surface area contributed by atoms with Gasteiger partial charge in [-0.1, -0.05) is 6.92 Å². The minimum atomic E-state index is 0.177. The van der Waals surface area contributed by atoms with Crippen molar-refractivity contribution in [1.29, 1.82) is 0 Å². The second-order valence-corrected chi connectivity index (χ2v) is 4.69. The first-order valence-corrected chi connectivity index (χ1v) is 6.12. The number of methoxy groups -OCH3 is 2. The Bertz CT molecular complexity index is 324. The molecule has 3 nitrogen and oxygen atoms in total. The molecule has 1 N–H and O–H groups in total. The van der Waals surface area contributed by atoms with Crippen LogP contribution in [0.2, 0.25) is 0 Å². The van der Waals surface area contributed by atoms with Crippen molar-refractivity contribution >= 4 is 11.8 Å². The summed E-state index contributed by atoms with van der Waals surface area (Å²) in [6.07, 6.45) is 0.927. The highest BCUT2D eigenvalue weighted by molar-refractivity contribution is 8.00. The second kappa shape index (κ2) is 6.66. The van der Waals surface area contributed by atoms with E-state index in [1.807, 2.05) is 18.2 Å². The molecular formula is C12H18O3S. The van der Waals surface area contributed by atoms with Gasteiger partial charge in [0.1, 0.15) is 11.5 Å². The molecule has 1 aromatic rings. The number of hydrogen-bond acceptors (Lipinski definition) is 4. The van der Waals surface area contributed by atoms with Gasteiger partial charge in [0.2, 0.25) is 0 Å². The molecular weight excluding hydrogens is 224 g/mol. The molecule has 90 valence electrons. The van der Waals surface area contributed by atoms with Crippen molar-refractivity contribution in [3.05, 3.63) is 18.2 Å². The molecule has 1 rings (SSSR count). The Kier molecular flexibility index (Phi) is 5.49. The van der Waals surface area contributed by atoms with Crippen LogP contribution in [0.1, 0.15) is 13.3 Å². The molecule has 1 unspecified atom stereocenters. The quantitative estimate of drug-likeness (QED) is 0.778. The Morgan fingerprint density at radius 1 is 1.31 bits per heavy atom. The minimum absolute atomic E-state index is 0.177. The van der Waals surface area contributed by atoms with Gasteiger partial charge in [0, 0.05) is 16.2 Å². The molecule has 0 aliphatic rings. The zero-order chi connectivity index (χ0) is 12.0. The third-order valence-corrected chi connectivity index (χ3v) is 3.73. The monoisotopic (exact) mass is 242 g/mol. The van der Waals surface area contributed by atoms with Gasteiger partial charge in [0.05, 0.1) is 20.8 Å². The number of thioether (sulfide) groups is 1. The lowest BCUT2D eigenvalue weighted by Gasteiger charge is -2.14. The maximum absolute atomic E-state index is 9.17. The molecule has 1 atom stereocenters. The lowest BCUT2D eigenvalue weighted by atomic mass is 10.3. The number of aliphatic hydroxyl groups is 1. The van der Waals surface area contributed by atoms with Crippen molar-refractivity contribution in [2.45, 2.75) is 23.5 Å². The van der Waals surface area contributed by atoms with Crippen LogP contribution in [0.5, 0.6) is 11.5 Å². The van der Waals surface area contributed by atoms with Crippen LogP contribution in [-0.4, -0.2) is 31.2 Å². The zero-order valence-electron chi connectivity index (χ0n) is 9.90. The van der Waals surface area contributed by atoms with Gasteiger partial charge in [0.25, 0.3) is 0 Å². The van der Waals surface area contributed by atoms with E-state index in [0.29, 0.717) is 0 Å². The lowest BCUT2D eigenvalue weighted by Crippen LogP contribution is -2.06. The van der Waals surface area contributed by atoms with Gasteiger partial charge < -0.3 is 14.6 Å². The zero-order valence-corrected chi connectivity index (χ0v) is 10.7. The smallest absolute Gasteiger partial charge is 0.136 e. The topological polar surface area (TPSA) is 38.7 Å². The van der Waals surface area contributed by atoms with E-state index in [4.69, 9.17) is 14.6 Å². The molecule has 0 heterocycles. The summed E-state index contributed by atoms with van der Waals surface area (Å²) in [6.45, 7) is 2.24. The average molecular weight is 242 g/mol. The fourth-order valence-electron chi connectivity index (χ4n) is 1.30. The molecule has 0 radical (unpaired) electrons. The first kappa shape index (κ1) is 13.2. The summed E-state index contributed by atoms with van der Waals surface area (Å²) in [7, 11) is 3.27. The summed E-state index contributed by atoms with van der Waals surface area (Å²) in [5.74, 6) is 1.56. The molecule has 0 saturated heterocycles. The highest BCUT2D eigenvalue weighted by Crippen LogP contribution is 2.35. The number of ether oxygens (including phenoxy) is 2. The fraction of sp³-hybridized carbons (Fsp3) is 0.500. The second-order valence-electron chi connectivity index (χ2n) is 3.35. The molecule has 0 bridgehead atoms. The summed E-state index contributed by atoms with van der Waals surface area (Å²) in [6, 6.07) is 5.71. The first-order chi connectivity index (χ1) is 7.74. The molecule has 0 amide bonds. The molecule has 0 fully saturated rings. The van der Waals surface area contributed by atoms with Crippen LogP contribution in [0.3, 0.4) is 0 Å². The summed E-state index contributed by atoms with van der Waals surface area (Å²) in [5.41, 5.74) is 0. The Balaban J connectivity index is 2.86. The van der Waals surface area contributed by atoms with E-state index >= 15 is 0 Å². The highest BCUT2D eigenvalue weighted by atomic mass is 32.2. The number of aliphatic hydroxyl groups excluding tert-OH is 1. The van der Waals surface area contributed by atoms with E-state index in [2.05, 4.69) is 6.92 Å². The van der Waals surface area contributed by atoms with Gasteiger partial charge in [-0.2, -0.15) is 0 Å². The Labute approximate surface area is 101 Å². The van der Waals surface area contributed by atoms with E-state index < -0.39 is 0 Å². The van der Waals surface area contributed by atoms with Crippen LogP contribution in [0.4, 0.5) is 0 Å². The van der Waals surface area contributed by atoms with E-state index in [1.165, 1.54) is 0 Å². The minimum Gasteiger partial charge on any atom is -0.497 e. The van der Waals surface area contributed by atoms with Crippen LogP contribution in [-0.2, 0) is 0 Å². The number of rotatable bonds is 6. The molecule has 16 heavy (non-hydrogen) atoms. The van der Waals surface area contributed by atoms with Crippen LogP contribution >= 0.6 is 11.8 Å². The molecule has 0 aliphatic heterocycles. The number of benzene rings is 1. The number of hydrogen-bond donors (Lipinski definition) is 1. The van der Waals surface area contributed by atoms with Crippen molar-refractivity contribution in [1.82, 2.24) is 0 Å². The SMILES string of the molecule is CCC(CO)Sc1ccc(OC)cc1OC. The molecule has 0 aromatic heterocycles. The van der Waals surface area contributed by atoms with E-state index in [-0.39, 0.29) is 11.9 Å². The normalized spacial score (nSPS) is 12.2. The van der Waals surface area contributed by atoms with Crippen LogP contribution in [0, 0.1) is 0 Å². The Morgan fingerprint density at radius 2 is 2.06 bits per heavy atom. The lowest BCUT2D eigenvalue weighted by molar-refractivity contribution is 0.292. The van der Waals surface area contributed by atoms with Crippen molar-refractivity contribution in [2.75, 3.05) is 20.8 Å². The largest absolute Gasteiger partial charge is 0.497 e. The first-order valence-electron chi connectivity index (χ1n) is 5.24. The maximum atomic E-state index is 9.17. The van der Waals surface area contributed by atoms with Gasteiger partial charge in [0.15, 0.2) is 0 Å². The van der Waals surface area contributed by atoms with Gasteiger partial charge in [-0.05, 0) is 18.6 Å². The standard InChI is InChI=1S/C12H18O3S/c1-4-10(8-13)16-12-6-5-9(14-2)7-11(12)15-3/h5-7,10,13H,4,8H2,1-3H3. The van der Waals surface area contributed by atoms with E-state index in [0.717, 1.165) is 22.8 Å². The van der Waals surface area contributed by atoms with E-state index in [9.17, 15) is 0 Å². The van der Waals surface area contributed by atoms with Crippen LogP contribution < -0.4 is 9.47 Å². The highest BCUT2D eigenvalue weighted by Gasteiger charge is 2.11. The van der Waals surface area contributed by atoms with Gasteiger partial charge in [-0.3, -0.25) is 0 Å². The summed E-state index contributed by atoms with van der Waals surface area (Å²) in [4.78, 5) is 1.03. The molecule has 0 saturated carbocycles. The molecule has 1 aromatic carbocycles. The third kappa shape index (κ3) is 3.32. The van der Waals surface area contributed by atoms with Crippen molar-refractivity contribution in [2.24, 2.45) is 0 Å². The van der Waals surface area contributed by atoms with Gasteiger partial charge in [-0.15, -0.1) is 11.8 Å². The predicted molar refractivity (Wildman–Crippen MR) is 66.6 cm³/mol. The Hall–Kier alpha value is -0.870. The maximum Gasteiger partial charge on any atom is 0.136 e. The third-order valence-electron chi connectivity index (χ3n) is 2.32. The molecule has 4 heteroatoms. The van der Waals surface area contributed by atoms with Crippen molar-refractivity contribution < 1.29 is 14.6 Å². The van der Waals surface area contributed by atoms with Gasteiger partial charge >= 0.3 is 0 Å². The average Bonchev–Trinajstić information content (AvgIpc) is 2.35. The van der Waals surface area contributed by atoms with Gasteiger partial charge in [-0.25, -0.2) is 0 Å². The van der Waals surface area contributed by atoms with Crippen molar-refractivity contribution in [3.8, 4) is 11.5 Å². The Morgan fingerprint density at radius 3 is 2.56 bits per heavy atom. The van der Waals surface area contributed by atoms with E-state index in [1.54, 1.807) is 26.0 Å². The molecule has 0 aliphatic carbocycles. The van der Waals surface area contributed by atoms with Crippen LogP contribution in [0.15, 0.2) is 23.1 Å². The summed E-state index contributed by atoms with van der Waals surface area (Å²) >= 11 is 1.63. The fourth-order valence-corrected chi connectivity index (χ4v) is 2.31. The summed E-state index contributed by atoms with van der Waals surface area (Å²) < 4.78 is 10.4. The van der Waals surface area contributed by atoms with Crippen molar-refractivity contribution in [3.63, 3.8) is 0 Å².